The number of carbonyl (C=O) groups is 1. The van der Waals surface area contributed by atoms with Crippen LogP contribution < -0.4 is 5.32 Å². The lowest BCUT2D eigenvalue weighted by Gasteiger charge is -2.03. The SMILES string of the molecule is CS(=O)(=O)C1CNC(C(=O)O)C1.Cl. The molecule has 5 nitrogen and oxygen atoms in total. The van der Waals surface area contributed by atoms with E-state index in [1.165, 1.54) is 0 Å². The smallest absolute Gasteiger partial charge is 0.320 e. The molecular formula is C6H12ClNO4S. The second-order valence-electron chi connectivity index (χ2n) is 2.99. The van der Waals surface area contributed by atoms with Gasteiger partial charge in [0, 0.05) is 12.8 Å². The number of rotatable bonds is 2. The van der Waals surface area contributed by atoms with E-state index >= 15 is 0 Å². The molecule has 1 fully saturated rings. The van der Waals surface area contributed by atoms with Gasteiger partial charge in [0.2, 0.25) is 0 Å². The normalized spacial score (nSPS) is 28.1. The van der Waals surface area contributed by atoms with Crippen molar-refractivity contribution >= 4 is 28.2 Å². The zero-order chi connectivity index (χ0) is 9.35. The van der Waals surface area contributed by atoms with E-state index < -0.39 is 27.1 Å². The third-order valence-corrected chi connectivity index (χ3v) is 3.56. The van der Waals surface area contributed by atoms with Gasteiger partial charge < -0.3 is 10.4 Å². The molecule has 7 heteroatoms. The first kappa shape index (κ1) is 12.7. The van der Waals surface area contributed by atoms with Gasteiger partial charge in [0.05, 0.1) is 5.25 Å². The number of aliphatic carboxylic acids is 1. The van der Waals surface area contributed by atoms with Gasteiger partial charge in [0.15, 0.2) is 9.84 Å². The van der Waals surface area contributed by atoms with Crippen molar-refractivity contribution in [3.8, 4) is 0 Å². The lowest BCUT2D eigenvalue weighted by atomic mass is 10.2. The van der Waals surface area contributed by atoms with E-state index in [1.807, 2.05) is 0 Å². The predicted molar refractivity (Wildman–Crippen MR) is 49.9 cm³/mol. The second-order valence-corrected chi connectivity index (χ2v) is 5.31. The summed E-state index contributed by atoms with van der Waals surface area (Å²) < 4.78 is 21.9. The molecule has 2 N–H and O–H groups in total. The van der Waals surface area contributed by atoms with Crippen LogP contribution in [0.2, 0.25) is 0 Å². The Balaban J connectivity index is 0.00000144. The Labute approximate surface area is 82.8 Å². The summed E-state index contributed by atoms with van der Waals surface area (Å²) in [5.41, 5.74) is 0. The molecule has 1 aliphatic rings. The van der Waals surface area contributed by atoms with E-state index in [9.17, 15) is 13.2 Å². The molecule has 1 aliphatic heterocycles. The molecule has 2 unspecified atom stereocenters. The van der Waals surface area contributed by atoms with Gasteiger partial charge in [-0.05, 0) is 6.42 Å². The van der Waals surface area contributed by atoms with Gasteiger partial charge in [-0.15, -0.1) is 12.4 Å². The molecule has 0 amide bonds. The Bertz CT molecular complexity index is 289. The van der Waals surface area contributed by atoms with Gasteiger partial charge in [-0.3, -0.25) is 4.79 Å². The van der Waals surface area contributed by atoms with Crippen LogP contribution in [0, 0.1) is 0 Å². The van der Waals surface area contributed by atoms with Crippen LogP contribution in [0.25, 0.3) is 0 Å². The first-order valence-corrected chi connectivity index (χ1v) is 5.52. The monoisotopic (exact) mass is 229 g/mol. The average Bonchev–Trinajstić information content (AvgIpc) is 2.30. The lowest BCUT2D eigenvalue weighted by molar-refractivity contribution is -0.139. The minimum atomic E-state index is -3.09. The van der Waals surface area contributed by atoms with Crippen molar-refractivity contribution in [1.29, 1.82) is 0 Å². The van der Waals surface area contributed by atoms with E-state index in [4.69, 9.17) is 5.11 Å². The van der Waals surface area contributed by atoms with Crippen LogP contribution in [-0.4, -0.2) is 43.6 Å². The number of sulfone groups is 1. The van der Waals surface area contributed by atoms with E-state index in [-0.39, 0.29) is 25.4 Å². The zero-order valence-corrected chi connectivity index (χ0v) is 8.69. The summed E-state index contributed by atoms with van der Waals surface area (Å²) in [6, 6.07) is -0.704. The van der Waals surface area contributed by atoms with Gasteiger partial charge in [0.1, 0.15) is 6.04 Å². The molecule has 1 heterocycles. The van der Waals surface area contributed by atoms with Gasteiger partial charge >= 0.3 is 5.97 Å². The maximum atomic E-state index is 11.0. The Kier molecular flexibility index (Phi) is 4.15. The van der Waals surface area contributed by atoms with E-state index in [0.717, 1.165) is 6.26 Å². The van der Waals surface area contributed by atoms with Crippen molar-refractivity contribution < 1.29 is 18.3 Å². The molecule has 0 bridgehead atoms. The first-order chi connectivity index (χ1) is 5.41. The number of carboxylic acid groups (broad SMARTS) is 1. The van der Waals surface area contributed by atoms with Crippen molar-refractivity contribution in [3.05, 3.63) is 0 Å². The van der Waals surface area contributed by atoms with Gasteiger partial charge in [0.25, 0.3) is 0 Å². The average molecular weight is 230 g/mol. The quantitative estimate of drug-likeness (QED) is 0.652. The summed E-state index contributed by atoms with van der Waals surface area (Å²) in [6.07, 6.45) is 1.30. The summed E-state index contributed by atoms with van der Waals surface area (Å²) in [7, 11) is -3.09. The molecule has 78 valence electrons. The van der Waals surface area contributed by atoms with E-state index in [0.29, 0.717) is 0 Å². The Morgan fingerprint density at radius 1 is 1.54 bits per heavy atom. The third-order valence-electron chi connectivity index (χ3n) is 1.99. The maximum absolute atomic E-state index is 11.0. The van der Waals surface area contributed by atoms with Crippen LogP contribution in [0.1, 0.15) is 6.42 Å². The van der Waals surface area contributed by atoms with Crippen molar-refractivity contribution in [3.63, 3.8) is 0 Å². The standard InChI is InChI=1S/C6H11NO4S.ClH/c1-12(10,11)4-2-5(6(8)9)7-3-4;/h4-5,7H,2-3H2,1H3,(H,8,9);1H. The first-order valence-electron chi connectivity index (χ1n) is 3.56. The van der Waals surface area contributed by atoms with Crippen LogP contribution in [-0.2, 0) is 14.6 Å². The number of nitrogens with one attached hydrogen (secondary N) is 1. The number of carboxylic acids is 1. The largest absolute Gasteiger partial charge is 0.480 e. The van der Waals surface area contributed by atoms with Crippen molar-refractivity contribution in [2.24, 2.45) is 0 Å². The molecule has 0 radical (unpaired) electrons. The molecule has 0 aromatic carbocycles. The van der Waals surface area contributed by atoms with E-state index in [1.54, 1.807) is 0 Å². The fourth-order valence-electron chi connectivity index (χ4n) is 1.22. The molecule has 2 atom stereocenters. The number of halogens is 1. The molecule has 0 aliphatic carbocycles. The molecule has 1 saturated heterocycles. The highest BCUT2D eigenvalue weighted by Crippen LogP contribution is 2.13. The van der Waals surface area contributed by atoms with Gasteiger partial charge in [-0.2, -0.15) is 0 Å². The Hall–Kier alpha value is -0.330. The van der Waals surface area contributed by atoms with Gasteiger partial charge in [-0.25, -0.2) is 8.42 Å². The lowest BCUT2D eigenvalue weighted by Crippen LogP contribution is -2.30. The fourth-order valence-corrected chi connectivity index (χ4v) is 2.16. The second kappa shape index (κ2) is 4.26. The molecular weight excluding hydrogens is 218 g/mol. The maximum Gasteiger partial charge on any atom is 0.320 e. The van der Waals surface area contributed by atoms with E-state index in [2.05, 4.69) is 5.32 Å². The topological polar surface area (TPSA) is 83.5 Å². The fraction of sp³-hybridized carbons (Fsp3) is 0.833. The number of hydrogen-bond acceptors (Lipinski definition) is 4. The van der Waals surface area contributed by atoms with Crippen LogP contribution >= 0.6 is 12.4 Å². The Morgan fingerprint density at radius 2 is 2.08 bits per heavy atom. The zero-order valence-electron chi connectivity index (χ0n) is 7.06. The van der Waals surface area contributed by atoms with Crippen molar-refractivity contribution in [2.45, 2.75) is 17.7 Å². The summed E-state index contributed by atoms with van der Waals surface area (Å²) in [4.78, 5) is 10.4. The van der Waals surface area contributed by atoms with Crippen LogP contribution in [0.5, 0.6) is 0 Å². The summed E-state index contributed by atoms with van der Waals surface area (Å²) in [6.45, 7) is 0.246. The molecule has 13 heavy (non-hydrogen) atoms. The van der Waals surface area contributed by atoms with Gasteiger partial charge in [-0.1, -0.05) is 0 Å². The van der Waals surface area contributed by atoms with Crippen LogP contribution in [0.4, 0.5) is 0 Å². The predicted octanol–water partition coefficient (Wildman–Crippen LogP) is -0.732. The summed E-state index contributed by atoms with van der Waals surface area (Å²) in [5.74, 6) is -0.985. The highest BCUT2D eigenvalue weighted by Gasteiger charge is 2.34. The minimum absolute atomic E-state index is 0. The van der Waals surface area contributed by atoms with Crippen molar-refractivity contribution in [2.75, 3.05) is 12.8 Å². The highest BCUT2D eigenvalue weighted by molar-refractivity contribution is 7.91. The van der Waals surface area contributed by atoms with Crippen LogP contribution in [0.15, 0.2) is 0 Å². The summed E-state index contributed by atoms with van der Waals surface area (Å²) >= 11 is 0. The Morgan fingerprint density at radius 3 is 2.31 bits per heavy atom. The molecule has 1 rings (SSSR count). The summed E-state index contributed by atoms with van der Waals surface area (Å²) in [5, 5.41) is 10.6. The molecule has 0 saturated carbocycles. The van der Waals surface area contributed by atoms with Crippen LogP contribution in [0.3, 0.4) is 0 Å². The molecule has 0 aromatic heterocycles. The minimum Gasteiger partial charge on any atom is -0.480 e. The third kappa shape index (κ3) is 3.13. The highest BCUT2D eigenvalue weighted by atomic mass is 35.5. The van der Waals surface area contributed by atoms with Crippen molar-refractivity contribution in [1.82, 2.24) is 5.32 Å². The molecule has 0 aromatic rings. The molecule has 0 spiro atoms. The number of hydrogen-bond donors (Lipinski definition) is 2.